The third-order valence-corrected chi connectivity index (χ3v) is 3.36. The number of carbonyl (C=O) groups is 4. The van der Waals surface area contributed by atoms with Crippen molar-refractivity contribution in [2.75, 3.05) is 13.1 Å². The maximum absolute atomic E-state index is 10.4. The van der Waals surface area contributed by atoms with Gasteiger partial charge in [0.1, 0.15) is 0 Å². The molecule has 0 bridgehead atoms. The number of carboxylic acids is 2. The number of carbonyl (C=O) groups excluding carboxylic acids is 2. The molecule has 10 nitrogen and oxygen atoms in total. The molecule has 0 radical (unpaired) electrons. The molecule has 138 valence electrons. The second kappa shape index (κ2) is 12.3. The van der Waals surface area contributed by atoms with Crippen LogP contribution in [0, 0.1) is 0 Å². The number of hydrogen-bond donors (Lipinski definition) is 6. The Labute approximate surface area is 139 Å². The molecule has 0 aromatic heterocycles. The number of rotatable bonds is 5. The molecule has 2 rings (SSSR count). The molecule has 2 fully saturated rings. The van der Waals surface area contributed by atoms with Crippen molar-refractivity contribution in [1.82, 2.24) is 10.6 Å². The molecular weight excluding hydrogens is 320 g/mol. The fourth-order valence-corrected chi connectivity index (χ4v) is 2.07. The summed E-state index contributed by atoms with van der Waals surface area (Å²) in [6.07, 6.45) is 3.39. The second-order valence-electron chi connectivity index (χ2n) is 5.39. The van der Waals surface area contributed by atoms with Gasteiger partial charge in [0.2, 0.25) is 11.8 Å². The third-order valence-electron chi connectivity index (χ3n) is 3.36. The van der Waals surface area contributed by atoms with Gasteiger partial charge in [-0.3, -0.25) is 19.2 Å². The van der Waals surface area contributed by atoms with Crippen molar-refractivity contribution in [1.29, 1.82) is 0 Å². The van der Waals surface area contributed by atoms with Crippen molar-refractivity contribution in [3.63, 3.8) is 0 Å². The molecule has 10 heteroatoms. The molecule has 0 aromatic rings. The van der Waals surface area contributed by atoms with Gasteiger partial charge in [-0.25, -0.2) is 0 Å². The van der Waals surface area contributed by atoms with Crippen molar-refractivity contribution in [2.24, 2.45) is 11.5 Å². The molecule has 8 N–H and O–H groups in total. The summed E-state index contributed by atoms with van der Waals surface area (Å²) in [5.74, 6) is -2.59. The predicted octanol–water partition coefficient (Wildman–Crippen LogP) is -1.62. The fourth-order valence-electron chi connectivity index (χ4n) is 2.07. The average Bonchev–Trinajstić information content (AvgIpc) is 3.19. The van der Waals surface area contributed by atoms with Gasteiger partial charge in [-0.1, -0.05) is 0 Å². The third kappa shape index (κ3) is 11.4. The fraction of sp³-hybridized carbons (Fsp3) is 0.714. The quantitative estimate of drug-likeness (QED) is 0.343. The first-order valence-corrected chi connectivity index (χ1v) is 7.73. The van der Waals surface area contributed by atoms with Gasteiger partial charge in [0.25, 0.3) is 0 Å². The van der Waals surface area contributed by atoms with E-state index in [0.29, 0.717) is 0 Å². The first-order chi connectivity index (χ1) is 11.2. The Kier molecular flexibility index (Phi) is 11.1. The summed E-state index contributed by atoms with van der Waals surface area (Å²) in [4.78, 5) is 40.0. The Bertz CT molecular complexity index is 391. The highest BCUT2D eigenvalue weighted by Crippen LogP contribution is 2.03. The van der Waals surface area contributed by atoms with E-state index in [4.69, 9.17) is 21.7 Å². The number of hydrogen-bond acceptors (Lipinski definition) is 6. The number of nitrogens with one attached hydrogen (secondary N) is 2. The van der Waals surface area contributed by atoms with Gasteiger partial charge in [0.15, 0.2) is 0 Å². The second-order valence-corrected chi connectivity index (χ2v) is 5.39. The molecule has 2 aliphatic heterocycles. The summed E-state index contributed by atoms with van der Waals surface area (Å²) >= 11 is 0. The van der Waals surface area contributed by atoms with Crippen LogP contribution < -0.4 is 22.1 Å². The van der Waals surface area contributed by atoms with Gasteiger partial charge in [-0.15, -0.1) is 0 Å². The monoisotopic (exact) mass is 346 g/mol. The van der Waals surface area contributed by atoms with Crippen LogP contribution in [0.5, 0.6) is 0 Å². The van der Waals surface area contributed by atoms with Gasteiger partial charge in [0, 0.05) is 0 Å². The van der Waals surface area contributed by atoms with E-state index in [1.165, 1.54) is 0 Å². The van der Waals surface area contributed by atoms with Crippen molar-refractivity contribution >= 4 is 23.8 Å². The van der Waals surface area contributed by atoms with E-state index in [9.17, 15) is 19.2 Å². The Balaban J connectivity index is 0.000000331. The molecule has 2 saturated heterocycles. The van der Waals surface area contributed by atoms with Gasteiger partial charge in [-0.05, 0) is 38.8 Å². The minimum atomic E-state index is -1.08. The van der Waals surface area contributed by atoms with E-state index in [2.05, 4.69) is 10.6 Å². The predicted molar refractivity (Wildman–Crippen MR) is 84.9 cm³/mol. The molecular formula is C14H26N4O6. The number of carboxylic acid groups (broad SMARTS) is 2. The summed E-state index contributed by atoms with van der Waals surface area (Å²) in [5, 5.41) is 21.8. The van der Waals surface area contributed by atoms with Crippen LogP contribution in [0.15, 0.2) is 0 Å². The number of primary amides is 2. The smallest absolute Gasteiger partial charge is 0.303 e. The molecule has 0 aliphatic carbocycles. The lowest BCUT2D eigenvalue weighted by Crippen LogP contribution is -2.36. The van der Waals surface area contributed by atoms with Crippen molar-refractivity contribution in [3.8, 4) is 0 Å². The van der Waals surface area contributed by atoms with Crippen LogP contribution in [0.2, 0.25) is 0 Å². The molecule has 0 unspecified atom stereocenters. The van der Waals surface area contributed by atoms with Crippen molar-refractivity contribution in [2.45, 2.75) is 50.6 Å². The first-order valence-electron chi connectivity index (χ1n) is 7.73. The van der Waals surface area contributed by atoms with Crippen LogP contribution in [0.1, 0.15) is 38.5 Å². The Morgan fingerprint density at radius 3 is 1.25 bits per heavy atom. The summed E-state index contributed by atoms with van der Waals surface area (Å²) in [5.41, 5.74) is 9.99. The molecule has 0 aromatic carbocycles. The number of amides is 2. The Morgan fingerprint density at radius 1 is 0.792 bits per heavy atom. The van der Waals surface area contributed by atoms with Crippen LogP contribution in [-0.4, -0.2) is 59.1 Å². The SMILES string of the molecule is NC(=O)[C@@H]1CCCN1.NC(=O)[C@@H]1CCCN1.O=C(O)CCC(=O)O. The molecule has 2 aliphatic rings. The maximum Gasteiger partial charge on any atom is 0.303 e. The van der Waals surface area contributed by atoms with Crippen LogP contribution in [-0.2, 0) is 19.2 Å². The highest BCUT2D eigenvalue weighted by Gasteiger charge is 2.18. The highest BCUT2D eigenvalue weighted by atomic mass is 16.4. The average molecular weight is 346 g/mol. The van der Waals surface area contributed by atoms with E-state index >= 15 is 0 Å². The van der Waals surface area contributed by atoms with E-state index in [1.54, 1.807) is 0 Å². The largest absolute Gasteiger partial charge is 0.481 e. The minimum absolute atomic E-state index is 0.0463. The summed E-state index contributed by atoms with van der Waals surface area (Å²) < 4.78 is 0. The van der Waals surface area contributed by atoms with Crippen LogP contribution in [0.25, 0.3) is 0 Å². The molecule has 24 heavy (non-hydrogen) atoms. The van der Waals surface area contributed by atoms with Crippen LogP contribution in [0.3, 0.4) is 0 Å². The number of aliphatic carboxylic acids is 2. The standard InChI is InChI=1S/2C5H10N2O.C4H6O4/c2*6-5(8)4-2-1-3-7-4;5-3(6)1-2-4(7)8/h2*4,7H,1-3H2,(H2,6,8);1-2H2,(H,5,6)(H,7,8)/t2*4-;/m00./s1. The lowest BCUT2D eigenvalue weighted by Gasteiger charge is -2.01. The van der Waals surface area contributed by atoms with Gasteiger partial charge >= 0.3 is 11.9 Å². The minimum Gasteiger partial charge on any atom is -0.481 e. The lowest BCUT2D eigenvalue weighted by molar-refractivity contribution is -0.143. The molecule has 0 saturated carbocycles. The normalized spacial score (nSPS) is 21.7. The van der Waals surface area contributed by atoms with E-state index in [1.807, 2.05) is 0 Å². The summed E-state index contributed by atoms with van der Waals surface area (Å²) in [6, 6.07) is -0.0926. The lowest BCUT2D eigenvalue weighted by atomic mass is 10.2. The van der Waals surface area contributed by atoms with Gasteiger partial charge in [0.05, 0.1) is 24.9 Å². The summed E-state index contributed by atoms with van der Waals surface area (Å²) in [6.45, 7) is 1.88. The van der Waals surface area contributed by atoms with Crippen molar-refractivity contribution < 1.29 is 29.4 Å². The first kappa shape index (κ1) is 21.8. The van der Waals surface area contributed by atoms with Gasteiger partial charge in [-0.2, -0.15) is 0 Å². The van der Waals surface area contributed by atoms with Crippen LogP contribution >= 0.6 is 0 Å². The topological polar surface area (TPSA) is 185 Å². The molecule has 2 atom stereocenters. The highest BCUT2D eigenvalue weighted by molar-refractivity contribution is 5.80. The van der Waals surface area contributed by atoms with Crippen molar-refractivity contribution in [3.05, 3.63) is 0 Å². The molecule has 2 amide bonds. The zero-order chi connectivity index (χ0) is 18.5. The van der Waals surface area contributed by atoms with Gasteiger partial charge < -0.3 is 32.3 Å². The Hall–Kier alpha value is -2.20. The van der Waals surface area contributed by atoms with E-state index in [-0.39, 0.29) is 36.7 Å². The maximum atomic E-state index is 10.4. The zero-order valence-corrected chi connectivity index (χ0v) is 13.5. The molecule has 0 spiro atoms. The van der Waals surface area contributed by atoms with E-state index in [0.717, 1.165) is 38.8 Å². The Morgan fingerprint density at radius 2 is 1.12 bits per heavy atom. The molecule has 2 heterocycles. The summed E-state index contributed by atoms with van der Waals surface area (Å²) in [7, 11) is 0. The van der Waals surface area contributed by atoms with Crippen LogP contribution in [0.4, 0.5) is 0 Å². The zero-order valence-electron chi connectivity index (χ0n) is 13.5. The van der Waals surface area contributed by atoms with E-state index < -0.39 is 11.9 Å². The number of nitrogens with two attached hydrogens (primary N) is 2.